The molecule has 0 radical (unpaired) electrons. The van der Waals surface area contributed by atoms with Gasteiger partial charge in [0.25, 0.3) is 0 Å². The van der Waals surface area contributed by atoms with E-state index in [1.807, 2.05) is 43.3 Å². The quantitative estimate of drug-likeness (QED) is 0.0295. The second-order valence-corrected chi connectivity index (χ2v) is 46.2. The van der Waals surface area contributed by atoms with E-state index in [-0.39, 0.29) is 93.1 Å². The number of aliphatic hydroxyl groups is 1. The van der Waals surface area contributed by atoms with E-state index in [9.17, 15) is 36.4 Å². The average Bonchev–Trinajstić information content (AvgIpc) is 1.71. The Morgan fingerprint density at radius 1 is 0.328 bits per heavy atom. The van der Waals surface area contributed by atoms with Gasteiger partial charge in [0, 0.05) is 107 Å². The Morgan fingerprint density at radius 3 is 0.883 bits per heavy atom. The molecule has 22 unspecified atom stereocenters. The van der Waals surface area contributed by atoms with Gasteiger partial charge in [-0.15, -0.1) is 13.2 Å². The summed E-state index contributed by atoms with van der Waals surface area (Å²) in [5.41, 5.74) is -2.21. The molecule has 9 aliphatic heterocycles. The molecule has 13 rings (SSSR count). The van der Waals surface area contributed by atoms with E-state index in [1.54, 1.807) is 32.4 Å². The van der Waals surface area contributed by atoms with Gasteiger partial charge in [-0.3, -0.25) is 0 Å². The zero-order valence-electron chi connectivity index (χ0n) is 92.0. The summed E-state index contributed by atoms with van der Waals surface area (Å²) >= 11 is 0. The standard InChI is InChI=1S/C26H37NO3.C24H45NO3.C18H33NO3.C15H29NO4.C15H29NO3.C14H27NO3/c1-6-24(4)20-26(21(3)25(5,7-2)27(24)28,29-18-22-14-10-8-11-15-22)30-19-23-16-12-9-13-17-23;1-6-22(4)18-24(27-20-14-10-8-11-15-20,28-21-16-12-9-13-17-21)19(3)23(5,7-2)25(22)26;1-8-12-21-18(22-13-9-2)14-16(6,10-3)19(20)17(7,11-4)15(18)5;1-6-13(4)10-15(19-9-12(8-17)20-15)11(3)14(5,7-2)16(13)18;1-7-13(5)10-15(18-9-11(3)19-15)12(4)14(6,8-2)16(13)17;1-6-12(4)10-14(17-8-9-18-14)11(3)13(5,7-2)15(12)16/h8-17,21,28H,6-7,18-20H2,1-5H3;19-21,26H,6-18H2,1-5H3;8-9,15,20H,1-2,10-14H2,3-7H3;11-12,17-18H,6-10H2,1-5H3;11-12,17H,7-10H2,1-6H3;11,16H,6-10H2,1-5H3. The first-order valence-electron chi connectivity index (χ1n) is 53.9. The van der Waals surface area contributed by atoms with Crippen molar-refractivity contribution >= 4 is 0 Å². The van der Waals surface area contributed by atoms with Gasteiger partial charge < -0.3 is 93.2 Å². The largest absolute Gasteiger partial charge is 0.394 e. The second kappa shape index (κ2) is 47.8. The summed E-state index contributed by atoms with van der Waals surface area (Å²) in [7, 11) is 0. The van der Waals surface area contributed by atoms with Crippen LogP contribution >= 0.6 is 0 Å². The fourth-order valence-electron chi connectivity index (χ4n) is 25.4. The number of nitrogens with zero attached hydrogens (tertiary/aromatic N) is 6. The van der Waals surface area contributed by atoms with Crippen LogP contribution < -0.4 is 0 Å². The van der Waals surface area contributed by atoms with Crippen LogP contribution in [0.4, 0.5) is 0 Å². The highest BCUT2D eigenvalue weighted by Crippen LogP contribution is 2.60. The topological polar surface area (TPSA) is 272 Å². The molecule has 0 aromatic heterocycles. The number of benzene rings is 2. The summed E-state index contributed by atoms with van der Waals surface area (Å²) in [6, 6.07) is 20.5. The number of hydrogen-bond donors (Lipinski definition) is 7. The summed E-state index contributed by atoms with van der Waals surface area (Å²) in [6.07, 6.45) is 30.3. The average molecular weight is 1930 g/mol. The van der Waals surface area contributed by atoms with Gasteiger partial charge in [0.05, 0.1) is 111 Å². The van der Waals surface area contributed by atoms with Crippen molar-refractivity contribution in [3.8, 4) is 0 Å². The maximum atomic E-state index is 11.3. The predicted molar refractivity (Wildman–Crippen MR) is 542 cm³/mol. The lowest BCUT2D eigenvalue weighted by atomic mass is 9.67. The first-order valence-corrected chi connectivity index (χ1v) is 53.9. The molecular weight excluding hydrogens is 1730 g/mol. The van der Waals surface area contributed by atoms with Gasteiger partial charge in [0.15, 0.2) is 34.7 Å². The van der Waals surface area contributed by atoms with Crippen molar-refractivity contribution in [2.24, 2.45) is 35.5 Å². The molecule has 2 aromatic rings. The Kier molecular flexibility index (Phi) is 41.6. The minimum Gasteiger partial charge on any atom is -0.394 e. The van der Waals surface area contributed by atoms with Crippen LogP contribution in [0.15, 0.2) is 86.0 Å². The molecule has 2 saturated carbocycles. The Labute approximate surface area is 831 Å². The van der Waals surface area contributed by atoms with Crippen LogP contribution in [-0.4, -0.2) is 239 Å². The lowest BCUT2D eigenvalue weighted by Gasteiger charge is -2.62. The van der Waals surface area contributed by atoms with E-state index in [4.69, 9.17) is 56.8 Å². The monoisotopic (exact) mass is 1930 g/mol. The van der Waals surface area contributed by atoms with Crippen molar-refractivity contribution in [3.63, 3.8) is 0 Å². The minimum absolute atomic E-state index is 0.00507. The Balaban J connectivity index is 0.000000204. The van der Waals surface area contributed by atoms with Crippen molar-refractivity contribution in [2.75, 3.05) is 46.2 Å². The van der Waals surface area contributed by atoms with Gasteiger partial charge in [0.2, 0.25) is 0 Å². The zero-order chi connectivity index (χ0) is 103. The van der Waals surface area contributed by atoms with Crippen LogP contribution in [0, 0.1) is 35.5 Å². The first kappa shape index (κ1) is 119. The van der Waals surface area contributed by atoms with Gasteiger partial charge in [0.1, 0.15) is 6.10 Å². The van der Waals surface area contributed by atoms with Crippen LogP contribution in [-0.2, 0) is 70.1 Å². The number of hydroxylamine groups is 12. The molecule has 792 valence electrons. The number of rotatable bonds is 29. The molecule has 22 atom stereocenters. The van der Waals surface area contributed by atoms with Crippen LogP contribution in [0.5, 0.6) is 0 Å². The van der Waals surface area contributed by atoms with Crippen molar-refractivity contribution < 1.29 is 93.2 Å². The van der Waals surface area contributed by atoms with E-state index in [0.717, 1.165) is 127 Å². The summed E-state index contributed by atoms with van der Waals surface area (Å²) in [6.45, 7) is 77.3. The summed E-state index contributed by atoms with van der Waals surface area (Å²) in [5, 5.41) is 84.4. The molecule has 3 spiro atoms. The molecule has 9 heterocycles. The van der Waals surface area contributed by atoms with Crippen LogP contribution in [0.2, 0.25) is 0 Å². The van der Waals surface area contributed by atoms with Crippen molar-refractivity contribution in [2.45, 2.75) is 533 Å². The number of hydrogen-bond acceptors (Lipinski definition) is 25. The lowest BCUT2D eigenvalue weighted by molar-refractivity contribution is -0.394. The van der Waals surface area contributed by atoms with Crippen molar-refractivity contribution in [1.29, 1.82) is 0 Å². The summed E-state index contributed by atoms with van der Waals surface area (Å²) in [5.74, 6) is -3.58. The first-order chi connectivity index (χ1) is 64.2. The minimum atomic E-state index is -0.805. The van der Waals surface area contributed by atoms with Gasteiger partial charge in [-0.05, 0) is 204 Å². The third-order valence-electron chi connectivity index (χ3n) is 38.4. The molecule has 11 aliphatic rings. The SMILES string of the molecule is C=CCOC1(OCC=C)CC(C)(CC)N(O)C(C)(CC)C1C.CCC1(C)CC(OC2CCCCC2)(OC2CCCCC2)C(C)C(C)(CC)N1O.CCC1(C)CC(OCc2ccccc2)(OCc2ccccc2)C(C)C(C)(CC)N1O.CCC1(C)CC2(OCC(C)O2)C(C)C(C)(CC)N1O.CCC1(C)CC2(OCC(CO)O2)C(C)C(C)(CC)N1O.CCC1(C)CC2(OCCO2)C(C)C(C)(CC)N1O. The maximum Gasteiger partial charge on any atom is 0.175 e. The Bertz CT molecular complexity index is 3900. The smallest absolute Gasteiger partial charge is 0.175 e. The summed E-state index contributed by atoms with van der Waals surface area (Å²) in [4.78, 5) is 0. The zero-order valence-corrected chi connectivity index (χ0v) is 92.0. The third-order valence-corrected chi connectivity index (χ3v) is 38.4. The Hall–Kier alpha value is -3.08. The highest BCUT2D eigenvalue weighted by molar-refractivity contribution is 5.19. The summed E-state index contributed by atoms with van der Waals surface area (Å²) < 4.78 is 76.0. The van der Waals surface area contributed by atoms with Crippen LogP contribution in [0.3, 0.4) is 0 Å². The van der Waals surface area contributed by atoms with Gasteiger partial charge in [-0.25, -0.2) is 0 Å². The van der Waals surface area contributed by atoms with Crippen molar-refractivity contribution in [3.05, 3.63) is 97.1 Å². The number of aliphatic hydroxyl groups excluding tert-OH is 1. The predicted octanol–water partition coefficient (Wildman–Crippen LogP) is 24.9. The Morgan fingerprint density at radius 2 is 0.599 bits per heavy atom. The van der Waals surface area contributed by atoms with E-state index in [0.29, 0.717) is 90.7 Å². The molecule has 2 aliphatic carbocycles. The molecule has 2 aromatic carbocycles. The normalized spacial score (nSPS) is 40.3. The molecule has 0 bridgehead atoms. The maximum absolute atomic E-state index is 11.3. The molecular formula is C112H200N6O19. The molecule has 25 heteroatoms. The van der Waals surface area contributed by atoms with Crippen LogP contribution in [0.25, 0.3) is 0 Å². The molecule has 25 nitrogen and oxygen atoms in total. The van der Waals surface area contributed by atoms with E-state index < -0.39 is 62.4 Å². The van der Waals surface area contributed by atoms with E-state index >= 15 is 0 Å². The molecule has 0 amide bonds. The van der Waals surface area contributed by atoms with E-state index in [1.165, 1.54) is 48.7 Å². The lowest BCUT2D eigenvalue weighted by Crippen LogP contribution is -2.72. The molecule has 11 fully saturated rings. The number of piperidine rings is 6. The van der Waals surface area contributed by atoms with Crippen LogP contribution in [0.1, 0.15) is 406 Å². The second-order valence-electron chi connectivity index (χ2n) is 46.2. The molecule has 9 saturated heterocycles. The highest BCUT2D eigenvalue weighted by atomic mass is 16.8. The molecule has 7 N–H and O–H groups in total. The fourth-order valence-corrected chi connectivity index (χ4v) is 25.4. The number of ether oxygens (including phenoxy) is 12. The fraction of sp³-hybridized carbons (Fsp3) is 0.857. The van der Waals surface area contributed by atoms with Gasteiger partial charge in [-0.1, -0.05) is 236 Å². The van der Waals surface area contributed by atoms with Crippen molar-refractivity contribution in [1.82, 2.24) is 30.4 Å². The van der Waals surface area contributed by atoms with Gasteiger partial charge >= 0.3 is 0 Å². The third kappa shape index (κ3) is 23.7. The van der Waals surface area contributed by atoms with Gasteiger partial charge in [-0.2, -0.15) is 30.4 Å². The molecule has 137 heavy (non-hydrogen) atoms. The van der Waals surface area contributed by atoms with E-state index in [2.05, 4.69) is 245 Å². The highest BCUT2D eigenvalue weighted by Gasteiger charge is 2.69.